The molecule has 1 aromatic rings. The maximum atomic E-state index is 12.8. The Hall–Kier alpha value is -1.32. The molecule has 1 N–H and O–H groups in total. The maximum Gasteiger partial charge on any atom is 0.391 e. The smallest absolute Gasteiger partial charge is 0.387 e. The summed E-state index contributed by atoms with van der Waals surface area (Å²) in [5.74, 6) is -1.25. The van der Waals surface area contributed by atoms with Crippen molar-refractivity contribution in [1.29, 1.82) is 0 Å². The van der Waals surface area contributed by atoms with Crippen molar-refractivity contribution in [3.63, 3.8) is 0 Å². The first kappa shape index (κ1) is 20.4. The van der Waals surface area contributed by atoms with Crippen LogP contribution in [0.5, 0.6) is 0 Å². The fourth-order valence-electron chi connectivity index (χ4n) is 3.93. The number of aryl methyl sites for hydroxylation is 1. The molecule has 0 aromatic heterocycles. The molecule has 27 heavy (non-hydrogen) atoms. The molecule has 1 fully saturated rings. The molecule has 0 amide bonds. The highest BCUT2D eigenvalue weighted by atomic mass is 32.2. The van der Waals surface area contributed by atoms with Gasteiger partial charge < -0.3 is 10.0 Å². The lowest BCUT2D eigenvalue weighted by molar-refractivity contribution is -0.185. The summed E-state index contributed by atoms with van der Waals surface area (Å²) < 4.78 is 63.5. The summed E-state index contributed by atoms with van der Waals surface area (Å²) in [6.07, 6.45) is -2.22. The van der Waals surface area contributed by atoms with E-state index < -0.39 is 28.2 Å². The first-order valence-corrected chi connectivity index (χ1v) is 11.0. The van der Waals surface area contributed by atoms with Crippen molar-refractivity contribution < 1.29 is 26.7 Å². The van der Waals surface area contributed by atoms with Crippen LogP contribution >= 0.6 is 0 Å². The minimum atomic E-state index is -4.14. The lowest BCUT2D eigenvalue weighted by atomic mass is 9.95. The summed E-state index contributed by atoms with van der Waals surface area (Å²) in [4.78, 5) is 1.86. The highest BCUT2D eigenvalue weighted by Gasteiger charge is 2.41. The van der Waals surface area contributed by atoms with Crippen LogP contribution in [0.2, 0.25) is 0 Å². The van der Waals surface area contributed by atoms with E-state index in [1.165, 1.54) is 10.6 Å². The molecule has 1 aromatic carbocycles. The number of hydrogen-bond acceptors (Lipinski definition) is 4. The van der Waals surface area contributed by atoms with Gasteiger partial charge in [-0.3, -0.25) is 4.31 Å². The summed E-state index contributed by atoms with van der Waals surface area (Å²) in [5.41, 5.74) is 2.19. The minimum Gasteiger partial charge on any atom is -0.387 e. The lowest BCUT2D eigenvalue weighted by Crippen LogP contribution is -2.40. The van der Waals surface area contributed by atoms with Gasteiger partial charge in [-0.25, -0.2) is 8.42 Å². The third-order valence-electron chi connectivity index (χ3n) is 5.45. The van der Waals surface area contributed by atoms with E-state index in [2.05, 4.69) is 0 Å². The number of anilines is 1. The topological polar surface area (TPSA) is 60.9 Å². The third kappa shape index (κ3) is 4.75. The van der Waals surface area contributed by atoms with Gasteiger partial charge in [-0.2, -0.15) is 13.2 Å². The average molecular weight is 406 g/mol. The molecule has 2 aliphatic rings. The second-order valence-corrected chi connectivity index (χ2v) is 9.37. The minimum absolute atomic E-state index is 0.0593. The van der Waals surface area contributed by atoms with Gasteiger partial charge in [-0.05, 0) is 56.0 Å². The second-order valence-electron chi connectivity index (χ2n) is 7.46. The Bertz CT molecular complexity index is 775. The molecular weight excluding hydrogens is 381 g/mol. The lowest BCUT2D eigenvalue weighted by Gasteiger charge is -2.34. The Kier molecular flexibility index (Phi) is 5.74. The van der Waals surface area contributed by atoms with E-state index >= 15 is 0 Å². The van der Waals surface area contributed by atoms with Crippen LogP contribution in [0.3, 0.4) is 0 Å². The van der Waals surface area contributed by atoms with E-state index in [1.54, 1.807) is 12.1 Å². The van der Waals surface area contributed by atoms with Crippen LogP contribution in [-0.4, -0.2) is 57.0 Å². The molecule has 152 valence electrons. The molecule has 1 saturated heterocycles. The largest absolute Gasteiger partial charge is 0.391 e. The molecule has 0 bridgehead atoms. The van der Waals surface area contributed by atoms with Crippen molar-refractivity contribution in [3.05, 3.63) is 29.3 Å². The molecule has 0 unspecified atom stereocenters. The van der Waals surface area contributed by atoms with Crippen molar-refractivity contribution in [2.75, 3.05) is 36.7 Å². The number of halogens is 3. The number of aliphatic hydroxyl groups excluding tert-OH is 1. The molecule has 3 rings (SSSR count). The Labute approximate surface area is 157 Å². The average Bonchev–Trinajstić information content (AvgIpc) is 2.59. The first-order chi connectivity index (χ1) is 12.6. The van der Waals surface area contributed by atoms with E-state index in [0.29, 0.717) is 37.3 Å². The Morgan fingerprint density at radius 3 is 2.48 bits per heavy atom. The summed E-state index contributed by atoms with van der Waals surface area (Å²) in [5, 5.41) is 10.5. The molecule has 2 aliphatic heterocycles. The van der Waals surface area contributed by atoms with E-state index in [0.717, 1.165) is 12.0 Å². The molecule has 5 nitrogen and oxygen atoms in total. The number of hydrogen-bond donors (Lipinski definition) is 1. The van der Waals surface area contributed by atoms with Gasteiger partial charge >= 0.3 is 6.18 Å². The molecule has 0 spiro atoms. The standard InChI is InChI=1S/C18H25F3N2O3S/c1-27(25,26)23-8-2-3-13-11-14(4-5-16(13)23)17(24)12-22-9-6-15(7-10-22)18(19,20)21/h4-5,11,15,17,24H,2-3,6-10,12H2,1H3/t17-/m0/s1. The van der Waals surface area contributed by atoms with E-state index in [4.69, 9.17) is 0 Å². The summed E-state index contributed by atoms with van der Waals surface area (Å²) in [6.45, 7) is 1.35. The number of alkyl halides is 3. The third-order valence-corrected chi connectivity index (χ3v) is 6.63. The number of rotatable bonds is 4. The van der Waals surface area contributed by atoms with Gasteiger partial charge in [0.05, 0.1) is 24.0 Å². The SMILES string of the molecule is CS(=O)(=O)N1CCCc2cc([C@@H](O)CN3CCC(C(F)(F)F)CC3)ccc21. The fraction of sp³-hybridized carbons (Fsp3) is 0.667. The monoisotopic (exact) mass is 406 g/mol. The molecule has 2 heterocycles. The number of fused-ring (bicyclic) bond motifs is 1. The maximum absolute atomic E-state index is 12.8. The zero-order chi connectivity index (χ0) is 19.8. The Morgan fingerprint density at radius 2 is 1.89 bits per heavy atom. The first-order valence-electron chi connectivity index (χ1n) is 9.13. The van der Waals surface area contributed by atoms with Crippen LogP contribution in [0.15, 0.2) is 18.2 Å². The Balaban J connectivity index is 1.66. The van der Waals surface area contributed by atoms with Crippen molar-refractivity contribution in [2.45, 2.75) is 38.0 Å². The highest BCUT2D eigenvalue weighted by molar-refractivity contribution is 7.92. The van der Waals surface area contributed by atoms with Gasteiger partial charge in [0.25, 0.3) is 0 Å². The summed E-state index contributed by atoms with van der Waals surface area (Å²) in [7, 11) is -3.34. The number of sulfonamides is 1. The van der Waals surface area contributed by atoms with E-state index in [-0.39, 0.29) is 19.4 Å². The summed E-state index contributed by atoms with van der Waals surface area (Å²) >= 11 is 0. The Morgan fingerprint density at radius 1 is 1.22 bits per heavy atom. The molecular formula is C18H25F3N2O3S. The van der Waals surface area contributed by atoms with E-state index in [1.807, 2.05) is 11.0 Å². The number of benzene rings is 1. The van der Waals surface area contributed by atoms with Crippen LogP contribution in [-0.2, 0) is 16.4 Å². The fourth-order valence-corrected chi connectivity index (χ4v) is 4.92. The van der Waals surface area contributed by atoms with Gasteiger partial charge in [0, 0.05) is 13.1 Å². The highest BCUT2D eigenvalue weighted by Crippen LogP contribution is 2.35. The number of nitrogens with zero attached hydrogens (tertiary/aromatic N) is 2. The van der Waals surface area contributed by atoms with Crippen molar-refractivity contribution in [1.82, 2.24) is 4.90 Å². The number of aliphatic hydroxyl groups is 1. The molecule has 9 heteroatoms. The zero-order valence-corrected chi connectivity index (χ0v) is 16.1. The van der Waals surface area contributed by atoms with E-state index in [9.17, 15) is 26.7 Å². The van der Waals surface area contributed by atoms with Gasteiger partial charge in [-0.15, -0.1) is 0 Å². The molecule has 0 radical (unpaired) electrons. The zero-order valence-electron chi connectivity index (χ0n) is 15.2. The van der Waals surface area contributed by atoms with Crippen molar-refractivity contribution in [2.24, 2.45) is 5.92 Å². The van der Waals surface area contributed by atoms with Crippen molar-refractivity contribution >= 4 is 15.7 Å². The van der Waals surface area contributed by atoms with Crippen molar-refractivity contribution in [3.8, 4) is 0 Å². The molecule has 0 aliphatic carbocycles. The quantitative estimate of drug-likeness (QED) is 0.835. The normalized spacial score (nSPS) is 21.1. The van der Waals surface area contributed by atoms with Gasteiger partial charge in [-0.1, -0.05) is 12.1 Å². The van der Waals surface area contributed by atoms with Crippen LogP contribution in [0.1, 0.15) is 36.5 Å². The van der Waals surface area contributed by atoms with Gasteiger partial charge in [0.1, 0.15) is 0 Å². The van der Waals surface area contributed by atoms with Crippen LogP contribution < -0.4 is 4.31 Å². The van der Waals surface area contributed by atoms with Crippen LogP contribution in [0.4, 0.5) is 18.9 Å². The second kappa shape index (κ2) is 7.60. The van der Waals surface area contributed by atoms with Crippen LogP contribution in [0, 0.1) is 5.92 Å². The number of β-amino-alcohol motifs (C(OH)–C–C–N with tert-alkyl or cyclic N) is 1. The molecule has 1 atom stereocenters. The predicted octanol–water partition coefficient (Wildman–Crippen LogP) is 2.71. The number of likely N-dealkylation sites (tertiary alicyclic amines) is 1. The predicted molar refractivity (Wildman–Crippen MR) is 97.1 cm³/mol. The molecule has 0 saturated carbocycles. The summed E-state index contributed by atoms with van der Waals surface area (Å²) in [6, 6.07) is 5.24. The van der Waals surface area contributed by atoms with Crippen LogP contribution in [0.25, 0.3) is 0 Å². The van der Waals surface area contributed by atoms with Gasteiger partial charge in [0.2, 0.25) is 10.0 Å². The number of piperidine rings is 1. The van der Waals surface area contributed by atoms with Gasteiger partial charge in [0.15, 0.2) is 0 Å².